The number of halogens is 4. The molecule has 0 nitrogen and oxygen atoms in total. The first-order valence-corrected chi connectivity index (χ1v) is 16.2. The second-order valence-corrected chi connectivity index (χ2v) is 13.0. The third kappa shape index (κ3) is 9.27. The summed E-state index contributed by atoms with van der Waals surface area (Å²) in [5.74, 6) is 1.47. The van der Waals surface area contributed by atoms with Gasteiger partial charge in [0.2, 0.25) is 0 Å². The molecule has 0 atom stereocenters. The summed E-state index contributed by atoms with van der Waals surface area (Å²) in [6.45, 7) is 2.29. The van der Waals surface area contributed by atoms with E-state index in [0.29, 0.717) is 29.9 Å². The van der Waals surface area contributed by atoms with Gasteiger partial charge in [0.1, 0.15) is 22.5 Å². The van der Waals surface area contributed by atoms with Crippen LogP contribution in [-0.2, 0) is 12.8 Å². The van der Waals surface area contributed by atoms with Gasteiger partial charge in [-0.1, -0.05) is 108 Å². The van der Waals surface area contributed by atoms with Gasteiger partial charge in [0.25, 0.3) is 0 Å². The summed E-state index contributed by atoms with van der Waals surface area (Å²) < 4.78 is 42.3. The second kappa shape index (κ2) is 15.5. The Kier molecular flexibility index (Phi) is 12.1. The molecule has 2 aliphatic carbocycles. The van der Waals surface area contributed by atoms with E-state index in [0.717, 1.165) is 36.2 Å². The smallest absolute Gasteiger partial charge is 0.145 e. The monoisotopic (exact) mass is 560 g/mol. The third-order valence-corrected chi connectivity index (χ3v) is 10.1. The molecule has 0 bridgehead atoms. The first-order valence-electron chi connectivity index (χ1n) is 15.8. The van der Waals surface area contributed by atoms with Gasteiger partial charge in [-0.25, -0.2) is 13.2 Å². The molecule has 0 amide bonds. The second-order valence-electron chi connectivity index (χ2n) is 12.6. The minimum absolute atomic E-state index is 0.207. The highest BCUT2D eigenvalue weighted by molar-refractivity contribution is 6.30. The van der Waals surface area contributed by atoms with E-state index >= 15 is 0 Å². The minimum atomic E-state index is -0.769. The van der Waals surface area contributed by atoms with Gasteiger partial charge in [-0.05, 0) is 97.1 Å². The van der Waals surface area contributed by atoms with Gasteiger partial charge >= 0.3 is 0 Å². The van der Waals surface area contributed by atoms with Crippen molar-refractivity contribution in [2.75, 3.05) is 0 Å². The molecule has 0 spiro atoms. The highest BCUT2D eigenvalue weighted by Crippen LogP contribution is 2.40. The van der Waals surface area contributed by atoms with Crippen LogP contribution >= 0.6 is 11.6 Å². The van der Waals surface area contributed by atoms with Gasteiger partial charge < -0.3 is 0 Å². The van der Waals surface area contributed by atoms with Gasteiger partial charge in [-0.2, -0.15) is 0 Å². The van der Waals surface area contributed by atoms with Crippen molar-refractivity contribution in [1.82, 2.24) is 0 Å². The van der Waals surface area contributed by atoms with Crippen LogP contribution in [0.15, 0.2) is 30.3 Å². The van der Waals surface area contributed by atoms with Crippen molar-refractivity contribution in [3.8, 4) is 0 Å². The maximum absolute atomic E-state index is 14.9. The molecule has 39 heavy (non-hydrogen) atoms. The summed E-state index contributed by atoms with van der Waals surface area (Å²) in [6, 6.07) is 8.09. The maximum atomic E-state index is 14.9. The Morgan fingerprint density at radius 3 is 1.79 bits per heavy atom. The molecular formula is C35H48ClF3. The van der Waals surface area contributed by atoms with Crippen molar-refractivity contribution in [1.29, 1.82) is 0 Å². The lowest BCUT2D eigenvalue weighted by molar-refractivity contribution is 0.222. The molecule has 4 heteroatoms. The SMILES string of the molecule is CCCCCCC[C@H]1CC[C@H](CC[C@H]2CC[C@H](c3ccc(CCc4cc(F)c(Cl)c(F)c4)c(F)c3)CC2)CC1. The van der Waals surface area contributed by atoms with Crippen molar-refractivity contribution in [2.45, 2.75) is 128 Å². The molecule has 216 valence electrons. The van der Waals surface area contributed by atoms with E-state index in [1.807, 2.05) is 6.07 Å². The van der Waals surface area contributed by atoms with Crippen LogP contribution in [0.25, 0.3) is 0 Å². The fourth-order valence-electron chi connectivity index (χ4n) is 7.15. The van der Waals surface area contributed by atoms with Crippen LogP contribution in [0.5, 0.6) is 0 Å². The quantitative estimate of drug-likeness (QED) is 0.169. The van der Waals surface area contributed by atoms with Crippen LogP contribution in [0.1, 0.15) is 132 Å². The van der Waals surface area contributed by atoms with Crippen molar-refractivity contribution in [3.05, 3.63) is 69.5 Å². The summed E-state index contributed by atoms with van der Waals surface area (Å²) >= 11 is 5.56. The summed E-state index contributed by atoms with van der Waals surface area (Å²) in [5.41, 5.74) is 2.18. The standard InChI is InChI=1S/C35H48ClF3/c1-2-3-4-5-6-7-25-8-10-26(11-9-25)12-13-27-14-17-29(18-15-27)31-21-20-30(32(37)24-31)19-16-28-22-33(38)35(36)34(39)23-28/h20-27,29H,2-19H2,1H3/t25-,26-,27-,29-. The van der Waals surface area contributed by atoms with Crippen LogP contribution in [0, 0.1) is 35.2 Å². The maximum Gasteiger partial charge on any atom is 0.145 e. The van der Waals surface area contributed by atoms with Crippen molar-refractivity contribution in [3.63, 3.8) is 0 Å². The highest BCUT2D eigenvalue weighted by Gasteiger charge is 2.26. The fraction of sp³-hybridized carbons (Fsp3) is 0.657. The molecule has 0 saturated heterocycles. The Labute approximate surface area is 240 Å². The predicted molar refractivity (Wildman–Crippen MR) is 158 cm³/mol. The highest BCUT2D eigenvalue weighted by atomic mass is 35.5. The van der Waals surface area contributed by atoms with Crippen LogP contribution in [0.2, 0.25) is 5.02 Å². The molecule has 0 unspecified atom stereocenters. The third-order valence-electron chi connectivity index (χ3n) is 9.79. The van der Waals surface area contributed by atoms with E-state index in [1.54, 1.807) is 6.07 Å². The molecule has 2 saturated carbocycles. The summed E-state index contributed by atoms with van der Waals surface area (Å²) in [6.07, 6.45) is 22.7. The lowest BCUT2D eigenvalue weighted by atomic mass is 9.74. The number of aryl methyl sites for hydroxylation is 2. The first kappa shape index (κ1) is 30.5. The van der Waals surface area contributed by atoms with Crippen LogP contribution in [0.4, 0.5) is 13.2 Å². The zero-order chi connectivity index (χ0) is 27.6. The molecule has 0 N–H and O–H groups in total. The van der Waals surface area contributed by atoms with Crippen LogP contribution in [0.3, 0.4) is 0 Å². The number of unbranched alkanes of at least 4 members (excludes halogenated alkanes) is 4. The van der Waals surface area contributed by atoms with Crippen LogP contribution < -0.4 is 0 Å². The van der Waals surface area contributed by atoms with Gasteiger partial charge in [0.15, 0.2) is 0 Å². The largest absolute Gasteiger partial charge is 0.207 e. The molecule has 0 heterocycles. The molecule has 0 radical (unpaired) electrons. The van der Waals surface area contributed by atoms with E-state index < -0.39 is 16.7 Å². The van der Waals surface area contributed by atoms with Crippen molar-refractivity contribution in [2.24, 2.45) is 17.8 Å². The lowest BCUT2D eigenvalue weighted by Gasteiger charge is -2.32. The summed E-state index contributed by atoms with van der Waals surface area (Å²) in [4.78, 5) is 0. The Morgan fingerprint density at radius 2 is 1.21 bits per heavy atom. The molecular weight excluding hydrogens is 513 g/mol. The molecule has 4 rings (SSSR count). The predicted octanol–water partition coefficient (Wildman–Crippen LogP) is 11.8. The molecule has 0 aliphatic heterocycles. The topological polar surface area (TPSA) is 0 Å². The van der Waals surface area contributed by atoms with E-state index in [9.17, 15) is 13.2 Å². The number of rotatable bonds is 13. The van der Waals surface area contributed by atoms with Gasteiger partial charge in [-0.15, -0.1) is 0 Å². The summed E-state index contributed by atoms with van der Waals surface area (Å²) in [7, 11) is 0. The normalized spacial score (nSPS) is 23.7. The van der Waals surface area contributed by atoms with Gasteiger partial charge in [-0.3, -0.25) is 0 Å². The Hall–Kier alpha value is -1.48. The number of hydrogen-bond acceptors (Lipinski definition) is 0. The van der Waals surface area contributed by atoms with Gasteiger partial charge in [0.05, 0.1) is 0 Å². The zero-order valence-electron chi connectivity index (χ0n) is 23.9. The average molecular weight is 561 g/mol. The zero-order valence-corrected chi connectivity index (χ0v) is 24.7. The summed E-state index contributed by atoms with van der Waals surface area (Å²) in [5, 5.41) is -0.491. The van der Waals surface area contributed by atoms with Crippen LogP contribution in [-0.4, -0.2) is 0 Å². The molecule has 2 aliphatic rings. The molecule has 2 aromatic rings. The van der Waals surface area contributed by atoms with E-state index in [4.69, 9.17) is 11.6 Å². The molecule has 0 aromatic heterocycles. The van der Waals surface area contributed by atoms with Crippen molar-refractivity contribution >= 4 is 11.6 Å². The number of benzene rings is 2. The van der Waals surface area contributed by atoms with E-state index in [-0.39, 0.29) is 5.82 Å². The van der Waals surface area contributed by atoms with Gasteiger partial charge in [0, 0.05) is 0 Å². The Bertz CT molecular complexity index is 996. The average Bonchev–Trinajstić information content (AvgIpc) is 2.95. The van der Waals surface area contributed by atoms with E-state index in [1.165, 1.54) is 102 Å². The minimum Gasteiger partial charge on any atom is -0.207 e. The fourth-order valence-corrected chi connectivity index (χ4v) is 7.26. The molecule has 2 aromatic carbocycles. The Balaban J connectivity index is 1.14. The van der Waals surface area contributed by atoms with Crippen molar-refractivity contribution < 1.29 is 13.2 Å². The number of hydrogen-bond donors (Lipinski definition) is 0. The molecule has 2 fully saturated rings. The van der Waals surface area contributed by atoms with E-state index in [2.05, 4.69) is 13.0 Å². The lowest BCUT2D eigenvalue weighted by Crippen LogP contribution is -2.18. The first-order chi connectivity index (χ1) is 18.9. The Morgan fingerprint density at radius 1 is 0.641 bits per heavy atom.